The molecule has 1 aromatic heterocycles. The maximum absolute atomic E-state index is 9.63. The standard InChI is InChI=1S/C16H20N4O2/c1-22-15-3-2-11(9-20-5-4-12(21)10-20)6-13(15)14-7-19-16(17)8-18-14/h2-3,6-8,12,21H,4-5,9-10H2,1H3,(H2,17,19). The average Bonchev–Trinajstić information content (AvgIpc) is 2.93. The molecule has 0 radical (unpaired) electrons. The summed E-state index contributed by atoms with van der Waals surface area (Å²) in [5.74, 6) is 1.15. The molecule has 1 unspecified atom stereocenters. The van der Waals surface area contributed by atoms with Crippen molar-refractivity contribution in [1.29, 1.82) is 0 Å². The van der Waals surface area contributed by atoms with Gasteiger partial charge in [0, 0.05) is 25.2 Å². The predicted molar refractivity (Wildman–Crippen MR) is 84.3 cm³/mol. The summed E-state index contributed by atoms with van der Waals surface area (Å²) in [5.41, 5.74) is 8.37. The van der Waals surface area contributed by atoms with Gasteiger partial charge in [-0.05, 0) is 24.1 Å². The molecule has 1 saturated heterocycles. The number of ether oxygens (including phenoxy) is 1. The second-order valence-electron chi connectivity index (χ2n) is 5.54. The third kappa shape index (κ3) is 3.18. The van der Waals surface area contributed by atoms with Crippen LogP contribution < -0.4 is 10.5 Å². The van der Waals surface area contributed by atoms with E-state index in [2.05, 4.69) is 20.9 Å². The molecule has 6 nitrogen and oxygen atoms in total. The topological polar surface area (TPSA) is 84.5 Å². The van der Waals surface area contributed by atoms with Gasteiger partial charge in [-0.25, -0.2) is 4.98 Å². The van der Waals surface area contributed by atoms with Gasteiger partial charge in [0.1, 0.15) is 11.6 Å². The molecule has 116 valence electrons. The quantitative estimate of drug-likeness (QED) is 0.885. The van der Waals surface area contributed by atoms with Crippen LogP contribution in [0.3, 0.4) is 0 Å². The highest BCUT2D eigenvalue weighted by molar-refractivity contribution is 5.67. The molecule has 6 heteroatoms. The number of hydrogen-bond acceptors (Lipinski definition) is 6. The van der Waals surface area contributed by atoms with Gasteiger partial charge in [-0.15, -0.1) is 0 Å². The zero-order valence-electron chi connectivity index (χ0n) is 12.6. The minimum atomic E-state index is -0.208. The van der Waals surface area contributed by atoms with Crippen LogP contribution in [-0.2, 0) is 6.54 Å². The van der Waals surface area contributed by atoms with Crippen molar-refractivity contribution in [2.75, 3.05) is 25.9 Å². The Balaban J connectivity index is 1.87. The highest BCUT2D eigenvalue weighted by atomic mass is 16.5. The van der Waals surface area contributed by atoms with Crippen LogP contribution in [0.4, 0.5) is 5.82 Å². The van der Waals surface area contributed by atoms with Crippen molar-refractivity contribution in [3.8, 4) is 17.0 Å². The van der Waals surface area contributed by atoms with Crippen LogP contribution in [0.1, 0.15) is 12.0 Å². The van der Waals surface area contributed by atoms with E-state index < -0.39 is 0 Å². The molecule has 1 aliphatic heterocycles. The Hall–Kier alpha value is -2.18. The Morgan fingerprint density at radius 2 is 2.23 bits per heavy atom. The van der Waals surface area contributed by atoms with Crippen LogP contribution >= 0.6 is 0 Å². The SMILES string of the molecule is COc1ccc(CN2CCC(O)C2)cc1-c1cnc(N)cn1. The smallest absolute Gasteiger partial charge is 0.141 e. The van der Waals surface area contributed by atoms with Crippen molar-refractivity contribution in [1.82, 2.24) is 14.9 Å². The first kappa shape index (κ1) is 14.7. The fourth-order valence-corrected chi connectivity index (χ4v) is 2.74. The fourth-order valence-electron chi connectivity index (χ4n) is 2.74. The normalized spacial score (nSPS) is 18.5. The maximum atomic E-state index is 9.63. The first-order valence-corrected chi connectivity index (χ1v) is 7.31. The first-order chi connectivity index (χ1) is 10.7. The number of aromatic nitrogens is 2. The number of nitrogens with zero attached hydrogens (tertiary/aromatic N) is 3. The fraction of sp³-hybridized carbons (Fsp3) is 0.375. The van der Waals surface area contributed by atoms with Gasteiger partial charge in [0.25, 0.3) is 0 Å². The molecule has 1 aromatic carbocycles. The minimum absolute atomic E-state index is 0.208. The van der Waals surface area contributed by atoms with Gasteiger partial charge in [0.05, 0.1) is 31.3 Å². The Morgan fingerprint density at radius 3 is 2.86 bits per heavy atom. The Morgan fingerprint density at radius 1 is 1.36 bits per heavy atom. The van der Waals surface area contributed by atoms with E-state index in [1.165, 1.54) is 6.20 Å². The van der Waals surface area contributed by atoms with Gasteiger partial charge >= 0.3 is 0 Å². The molecular weight excluding hydrogens is 280 g/mol. The lowest BCUT2D eigenvalue weighted by Crippen LogP contribution is -2.21. The summed E-state index contributed by atoms with van der Waals surface area (Å²) in [6.45, 7) is 2.45. The highest BCUT2D eigenvalue weighted by Crippen LogP contribution is 2.30. The first-order valence-electron chi connectivity index (χ1n) is 7.31. The summed E-state index contributed by atoms with van der Waals surface area (Å²) >= 11 is 0. The lowest BCUT2D eigenvalue weighted by molar-refractivity contribution is 0.175. The van der Waals surface area contributed by atoms with Gasteiger partial charge in [-0.2, -0.15) is 0 Å². The van der Waals surface area contributed by atoms with Crippen molar-refractivity contribution in [2.24, 2.45) is 0 Å². The average molecular weight is 300 g/mol. The van der Waals surface area contributed by atoms with Crippen molar-refractivity contribution in [2.45, 2.75) is 19.1 Å². The number of nitrogen functional groups attached to an aromatic ring is 1. The number of aliphatic hydroxyl groups excluding tert-OH is 1. The van der Waals surface area contributed by atoms with E-state index in [4.69, 9.17) is 10.5 Å². The maximum Gasteiger partial charge on any atom is 0.141 e. The van der Waals surface area contributed by atoms with Gasteiger partial charge in [0.2, 0.25) is 0 Å². The highest BCUT2D eigenvalue weighted by Gasteiger charge is 2.20. The van der Waals surface area contributed by atoms with E-state index in [-0.39, 0.29) is 6.10 Å². The number of nitrogens with two attached hydrogens (primary N) is 1. The van der Waals surface area contributed by atoms with Gasteiger partial charge < -0.3 is 15.6 Å². The summed E-state index contributed by atoms with van der Waals surface area (Å²) in [6, 6.07) is 6.04. The zero-order chi connectivity index (χ0) is 15.5. The Bertz CT molecular complexity index is 645. The molecule has 0 amide bonds. The number of hydrogen-bond donors (Lipinski definition) is 2. The number of benzene rings is 1. The van der Waals surface area contributed by atoms with Crippen molar-refractivity contribution in [3.63, 3.8) is 0 Å². The number of β-amino-alcohol motifs (C(OH)–C–C–N with tert-alkyl or cyclic N) is 1. The minimum Gasteiger partial charge on any atom is -0.496 e. The molecule has 3 N–H and O–H groups in total. The van der Waals surface area contributed by atoms with E-state index >= 15 is 0 Å². The summed E-state index contributed by atoms with van der Waals surface area (Å²) in [5, 5.41) is 9.63. The Labute approximate surface area is 129 Å². The summed E-state index contributed by atoms with van der Waals surface area (Å²) in [6.07, 6.45) is 3.82. The third-order valence-corrected chi connectivity index (χ3v) is 3.87. The van der Waals surface area contributed by atoms with E-state index in [0.29, 0.717) is 5.82 Å². The molecule has 1 aliphatic rings. The molecule has 0 aliphatic carbocycles. The van der Waals surface area contributed by atoms with E-state index in [0.717, 1.165) is 48.6 Å². The monoisotopic (exact) mass is 300 g/mol. The molecule has 0 saturated carbocycles. The lowest BCUT2D eigenvalue weighted by Gasteiger charge is -2.16. The molecule has 0 bridgehead atoms. The third-order valence-electron chi connectivity index (χ3n) is 3.87. The molecule has 2 heterocycles. The molecule has 1 atom stereocenters. The number of methoxy groups -OCH3 is 1. The summed E-state index contributed by atoms with van der Waals surface area (Å²) < 4.78 is 5.42. The second kappa shape index (κ2) is 6.29. The number of likely N-dealkylation sites (tertiary alicyclic amines) is 1. The summed E-state index contributed by atoms with van der Waals surface area (Å²) in [4.78, 5) is 10.7. The van der Waals surface area contributed by atoms with Gasteiger partial charge in [0.15, 0.2) is 0 Å². The summed E-state index contributed by atoms with van der Waals surface area (Å²) in [7, 11) is 1.64. The van der Waals surface area contributed by atoms with Crippen LogP contribution in [0.5, 0.6) is 5.75 Å². The van der Waals surface area contributed by atoms with Crippen LogP contribution in [0.15, 0.2) is 30.6 Å². The van der Waals surface area contributed by atoms with Crippen LogP contribution in [0.25, 0.3) is 11.3 Å². The van der Waals surface area contributed by atoms with Crippen molar-refractivity contribution < 1.29 is 9.84 Å². The molecule has 0 spiro atoms. The lowest BCUT2D eigenvalue weighted by atomic mass is 10.1. The number of rotatable bonds is 4. The Kier molecular flexibility index (Phi) is 4.22. The van der Waals surface area contributed by atoms with E-state index in [1.54, 1.807) is 13.3 Å². The predicted octanol–water partition coefficient (Wildman–Crippen LogP) is 1.30. The molecule has 2 aromatic rings. The van der Waals surface area contributed by atoms with Crippen LogP contribution in [-0.4, -0.2) is 46.3 Å². The van der Waals surface area contributed by atoms with Crippen molar-refractivity contribution in [3.05, 3.63) is 36.2 Å². The number of anilines is 1. The largest absolute Gasteiger partial charge is 0.496 e. The van der Waals surface area contributed by atoms with E-state index in [9.17, 15) is 5.11 Å². The second-order valence-corrected chi connectivity index (χ2v) is 5.54. The zero-order valence-corrected chi connectivity index (χ0v) is 12.6. The molecular formula is C16H20N4O2. The molecule has 3 rings (SSSR count). The van der Waals surface area contributed by atoms with Crippen molar-refractivity contribution >= 4 is 5.82 Å². The van der Waals surface area contributed by atoms with Crippen LogP contribution in [0, 0.1) is 0 Å². The van der Waals surface area contributed by atoms with Crippen LogP contribution in [0.2, 0.25) is 0 Å². The molecule has 22 heavy (non-hydrogen) atoms. The number of aliphatic hydroxyl groups is 1. The van der Waals surface area contributed by atoms with Gasteiger partial charge in [-0.1, -0.05) is 6.07 Å². The van der Waals surface area contributed by atoms with E-state index in [1.807, 2.05) is 12.1 Å². The van der Waals surface area contributed by atoms with Gasteiger partial charge in [-0.3, -0.25) is 9.88 Å². The molecule has 1 fully saturated rings.